The largest absolute Gasteiger partial charge is 0.457 e. The highest BCUT2D eigenvalue weighted by Crippen LogP contribution is 2.42. The van der Waals surface area contributed by atoms with Gasteiger partial charge >= 0.3 is 11.9 Å². The van der Waals surface area contributed by atoms with Gasteiger partial charge in [-0.2, -0.15) is 0 Å². The van der Waals surface area contributed by atoms with Gasteiger partial charge in [-0.15, -0.1) is 0 Å². The van der Waals surface area contributed by atoms with Crippen LogP contribution in [0.2, 0.25) is 0 Å². The molecule has 1 atom stereocenters. The van der Waals surface area contributed by atoms with Crippen molar-refractivity contribution in [1.29, 1.82) is 0 Å². The zero-order valence-electron chi connectivity index (χ0n) is 60.1. The lowest BCUT2D eigenvalue weighted by molar-refractivity contribution is 0.0469. The molecule has 0 aliphatic carbocycles. The molecule has 0 saturated heterocycles. The molecule has 1 N–H and O–H groups in total. The van der Waals surface area contributed by atoms with Crippen molar-refractivity contribution >= 4 is 110 Å². The third-order valence-corrected chi connectivity index (χ3v) is 21.2. The molecule has 5 heterocycles. The van der Waals surface area contributed by atoms with Crippen LogP contribution >= 0.6 is 0 Å². The molecule has 512 valence electrons. The lowest BCUT2D eigenvalue weighted by Crippen LogP contribution is -2.12. The van der Waals surface area contributed by atoms with Crippen molar-refractivity contribution in [2.45, 2.75) is 123 Å². The Hall–Kier alpha value is -11.2. The van der Waals surface area contributed by atoms with Gasteiger partial charge in [-0.3, -0.25) is 9.13 Å². The topological polar surface area (TPSA) is 123 Å². The Morgan fingerprint density at radius 2 is 0.650 bits per heavy atom. The van der Waals surface area contributed by atoms with Crippen molar-refractivity contribution in [2.24, 2.45) is 0 Å². The molecule has 0 aliphatic rings. The molecular weight excluding hydrogens is 1290 g/mol. The fourth-order valence-corrected chi connectivity index (χ4v) is 15.3. The summed E-state index contributed by atoms with van der Waals surface area (Å²) in [6, 6.07) is 83.4. The molecule has 0 aliphatic heterocycles. The predicted octanol–water partition coefficient (Wildman–Crippen LogP) is 22.6. The number of fused-ring (bicyclic) bond motifs is 12. The van der Waals surface area contributed by atoms with Crippen LogP contribution in [0.15, 0.2) is 248 Å². The number of carbonyl (C=O) groups is 2. The third-order valence-electron chi connectivity index (χ3n) is 20.5. The molecule has 16 aromatic rings. The molecule has 0 saturated carbocycles. The lowest BCUT2D eigenvalue weighted by Gasteiger charge is -2.19. The van der Waals surface area contributed by atoms with Gasteiger partial charge in [-0.05, 0) is 200 Å². The maximum atomic E-state index is 14.7. The number of hydrogen-bond donors (Lipinski definition) is 1. The first-order valence-corrected chi connectivity index (χ1v) is 36.3. The fourth-order valence-electron chi connectivity index (χ4n) is 14.9. The van der Waals surface area contributed by atoms with E-state index < -0.39 is 23.0 Å². The summed E-state index contributed by atoms with van der Waals surface area (Å²) < 4.78 is 44.9. The summed E-state index contributed by atoms with van der Waals surface area (Å²) in [7, 11) is 0. The van der Waals surface area contributed by atoms with Crippen LogP contribution in [0, 0.1) is 0 Å². The average Bonchev–Trinajstić information content (AvgIpc) is 1.58. The molecule has 0 amide bonds. The number of para-hydroxylation sites is 3. The Bertz CT molecular complexity index is 5810. The number of esters is 2. The van der Waals surface area contributed by atoms with Gasteiger partial charge in [0.2, 0.25) is 0 Å². The van der Waals surface area contributed by atoms with Gasteiger partial charge in [-0.1, -0.05) is 192 Å². The van der Waals surface area contributed by atoms with Crippen LogP contribution in [-0.4, -0.2) is 44.0 Å². The number of hydrogen-bond acceptors (Lipinski definition) is 6. The van der Waals surface area contributed by atoms with Crippen molar-refractivity contribution in [3.63, 3.8) is 0 Å². The Morgan fingerprint density at radius 3 is 1.01 bits per heavy atom. The van der Waals surface area contributed by atoms with E-state index in [-0.39, 0.29) is 50.9 Å². The molecule has 103 heavy (non-hydrogen) atoms. The molecule has 16 rings (SSSR count). The average molecular weight is 1370 g/mol. The Morgan fingerprint density at radius 1 is 0.340 bits per heavy atom. The Labute approximate surface area is 601 Å². The molecule has 0 radical (unpaired) electrons. The van der Waals surface area contributed by atoms with Crippen molar-refractivity contribution in [3.8, 4) is 34.1 Å². The van der Waals surface area contributed by atoms with Gasteiger partial charge in [0.15, 0.2) is 11.1 Å². The van der Waals surface area contributed by atoms with Crippen LogP contribution < -0.4 is 0 Å². The second kappa shape index (κ2) is 24.8. The highest BCUT2D eigenvalue weighted by Gasteiger charge is 2.27. The molecule has 0 spiro atoms. The van der Waals surface area contributed by atoms with E-state index in [9.17, 15) is 18.4 Å². The number of rotatable bonds is 12. The number of ether oxygens (including phenoxy) is 2. The first kappa shape index (κ1) is 66.4. The van der Waals surface area contributed by atoms with Crippen LogP contribution in [0.25, 0.3) is 121 Å². The molecule has 12 heteroatoms. The number of carbonyl (C=O) groups excluding carboxylic acids is 2. The summed E-state index contributed by atoms with van der Waals surface area (Å²) in [6.07, 6.45) is 0. The van der Waals surface area contributed by atoms with E-state index in [4.69, 9.17) is 14.5 Å². The normalized spacial score (nSPS) is 12.9. The van der Waals surface area contributed by atoms with Crippen molar-refractivity contribution in [3.05, 3.63) is 287 Å². The van der Waals surface area contributed by atoms with Gasteiger partial charge in [0.05, 0.1) is 60.2 Å². The zero-order chi connectivity index (χ0) is 71.8. The molecule has 0 bridgehead atoms. The smallest absolute Gasteiger partial charge is 0.338 e. The van der Waals surface area contributed by atoms with E-state index in [1.54, 1.807) is 0 Å². The maximum Gasteiger partial charge on any atom is 0.338 e. The van der Waals surface area contributed by atoms with Crippen LogP contribution in [0.3, 0.4) is 0 Å². The summed E-state index contributed by atoms with van der Waals surface area (Å²) in [6.45, 7) is 26.5. The summed E-state index contributed by atoms with van der Waals surface area (Å²) in [5.74, 6) is -0.336. The minimum atomic E-state index is -2.58. The van der Waals surface area contributed by atoms with E-state index in [1.165, 1.54) is 62.3 Å². The second-order valence-electron chi connectivity index (χ2n) is 31.6. The molecule has 1 unspecified atom stereocenters. The Kier molecular flexibility index (Phi) is 16.0. The zero-order valence-corrected chi connectivity index (χ0v) is 61.0. The summed E-state index contributed by atoms with van der Waals surface area (Å²) in [4.78, 5) is 34.4. The summed E-state index contributed by atoms with van der Waals surface area (Å²) in [5, 5.41) is 8.87. The fraction of sp³-hybridized carbons (Fsp3) is 0.198. The van der Waals surface area contributed by atoms with Crippen LogP contribution in [0.4, 0.5) is 0 Å². The van der Waals surface area contributed by atoms with Crippen LogP contribution in [0.1, 0.15) is 137 Å². The lowest BCUT2D eigenvalue weighted by atomic mass is 9.85. The summed E-state index contributed by atoms with van der Waals surface area (Å²) >= 11 is -2.58. The third kappa shape index (κ3) is 12.0. The van der Waals surface area contributed by atoms with Crippen LogP contribution in [0.5, 0.6) is 0 Å². The van der Waals surface area contributed by atoms with Gasteiger partial charge in [0.1, 0.15) is 24.8 Å². The number of aromatic nitrogens is 5. The van der Waals surface area contributed by atoms with Gasteiger partial charge in [0.25, 0.3) is 0 Å². The van der Waals surface area contributed by atoms with Crippen molar-refractivity contribution in [2.75, 3.05) is 0 Å². The van der Waals surface area contributed by atoms with E-state index in [1.807, 2.05) is 42.5 Å². The molecular formula is C91H81N5O6S. The van der Waals surface area contributed by atoms with E-state index >= 15 is 0 Å². The van der Waals surface area contributed by atoms with Crippen LogP contribution in [-0.2, 0) is 55.4 Å². The molecule has 0 fully saturated rings. The second-order valence-corrected chi connectivity index (χ2v) is 32.6. The number of pyridine rings is 1. The van der Waals surface area contributed by atoms with Gasteiger partial charge in [0, 0.05) is 54.5 Å². The molecule has 11 nitrogen and oxygen atoms in total. The minimum Gasteiger partial charge on any atom is -0.457 e. The highest BCUT2D eigenvalue weighted by atomic mass is 32.2. The maximum absolute atomic E-state index is 14.7. The monoisotopic (exact) mass is 1370 g/mol. The SMILES string of the molecule is CC(C)(C)c1ccc2c(c1)c1cc(C(C)(C)C)ccc1n2-c1cc(COC(=O)c2cc(C(=O)OCc3ccc4c(c3)c3ccccc3n4-c3ccc(-c4ccc(-n5c6ccccc6c6ccccc65)cc4)cc3)cc(S(=O)O)c2)cc(-n2c3ccc(C(C)(C)C)cc3c3cc(C(C)(C)C)ccc32)n1. The van der Waals surface area contributed by atoms with E-state index in [0.717, 1.165) is 93.5 Å². The minimum absolute atomic E-state index is 0.0771. The first-order valence-electron chi connectivity index (χ1n) is 35.2. The van der Waals surface area contributed by atoms with E-state index in [0.29, 0.717) is 17.2 Å². The van der Waals surface area contributed by atoms with Crippen molar-refractivity contribution in [1.82, 2.24) is 23.3 Å². The Balaban J connectivity index is 0.703. The predicted molar refractivity (Wildman–Crippen MR) is 422 cm³/mol. The quantitative estimate of drug-likeness (QED) is 0.0955. The molecule has 11 aromatic carbocycles. The highest BCUT2D eigenvalue weighted by molar-refractivity contribution is 7.79. The standard InChI is InChI=1S/C91H81N5O6S/c1-88(2,3)61-30-39-80-72(49-61)73-50-62(89(4,5)6)31-40-81(73)95(80)84-44-56(45-85(92-84)96-82-41-32-63(90(7,8)9)51-74(82)75-52-64(91(10,11)12)33-42-83(75)96)54-102-87(98)60-46-59(47-67(48-60)103(99)100)86(97)101-53-55-25-38-79-71(43-55)70-21-15-18-24-78(70)94(79)66-36-28-58(29-37-66)57-26-34-65(35-27-57)93-76-22-16-13-19-68(76)69-20-14-17-23-77(69)93/h13-52H,53-54H2,1-12H3,(H,99,100). The summed E-state index contributed by atoms with van der Waals surface area (Å²) in [5.41, 5.74) is 18.1. The molecule has 5 aromatic heterocycles. The first-order chi connectivity index (χ1) is 49.2. The van der Waals surface area contributed by atoms with Gasteiger partial charge < -0.3 is 23.2 Å². The number of nitrogens with zero attached hydrogens (tertiary/aromatic N) is 5. The van der Waals surface area contributed by atoms with Gasteiger partial charge in [-0.25, -0.2) is 18.8 Å². The van der Waals surface area contributed by atoms with E-state index in [2.05, 4.69) is 283 Å². The number of benzene rings is 11. The van der Waals surface area contributed by atoms with Crippen molar-refractivity contribution < 1.29 is 27.8 Å².